The van der Waals surface area contributed by atoms with Gasteiger partial charge < -0.3 is 4.52 Å². The van der Waals surface area contributed by atoms with Crippen LogP contribution in [0.3, 0.4) is 0 Å². The van der Waals surface area contributed by atoms with E-state index < -0.39 is 17.7 Å². The molecule has 1 heterocycles. The molecule has 0 amide bonds. The predicted molar refractivity (Wildman–Crippen MR) is 36.2 cm³/mol. The number of rotatable bonds is 1. The van der Waals surface area contributed by atoms with Crippen LogP contribution in [0.4, 0.5) is 13.2 Å². The quantitative estimate of drug-likeness (QED) is 0.642. The van der Waals surface area contributed by atoms with Crippen LogP contribution in [0, 0.1) is 6.92 Å². The second-order valence-electron chi connectivity index (χ2n) is 2.54. The molecule has 0 atom stereocenters. The van der Waals surface area contributed by atoms with Gasteiger partial charge in [-0.2, -0.15) is 13.2 Å². The van der Waals surface area contributed by atoms with Gasteiger partial charge in [0.1, 0.15) is 0 Å². The first-order valence-corrected chi connectivity index (χ1v) is 3.38. The fourth-order valence-corrected chi connectivity index (χ4v) is 0.928. The van der Waals surface area contributed by atoms with Gasteiger partial charge in [-0.15, -0.1) is 0 Å². The molecule has 1 aromatic rings. The number of halogens is 3. The highest BCUT2D eigenvalue weighted by atomic mass is 19.4. The molecule has 0 saturated carbocycles. The van der Waals surface area contributed by atoms with Crippen LogP contribution in [0.1, 0.15) is 28.7 Å². The Hall–Kier alpha value is -1.33. The van der Waals surface area contributed by atoms with Crippen molar-refractivity contribution in [3.05, 3.63) is 17.0 Å². The van der Waals surface area contributed by atoms with Crippen molar-refractivity contribution < 1.29 is 22.5 Å². The summed E-state index contributed by atoms with van der Waals surface area (Å²) in [6.45, 7) is 2.27. The predicted octanol–water partition coefficient (Wildman–Crippen LogP) is 2.20. The molecule has 0 aliphatic carbocycles. The van der Waals surface area contributed by atoms with Crippen molar-refractivity contribution in [1.82, 2.24) is 5.16 Å². The van der Waals surface area contributed by atoms with Gasteiger partial charge in [0, 0.05) is 12.5 Å². The Morgan fingerprint density at radius 2 is 2.00 bits per heavy atom. The molecule has 72 valence electrons. The van der Waals surface area contributed by atoms with Gasteiger partial charge in [-0.1, -0.05) is 5.16 Å². The lowest BCUT2D eigenvalue weighted by Gasteiger charge is -2.00. The molecule has 13 heavy (non-hydrogen) atoms. The highest BCUT2D eigenvalue weighted by molar-refractivity contribution is 5.92. The Balaban J connectivity index is 3.22. The highest BCUT2D eigenvalue weighted by Gasteiger charge is 2.38. The van der Waals surface area contributed by atoms with E-state index in [0.29, 0.717) is 0 Å². The van der Waals surface area contributed by atoms with E-state index >= 15 is 0 Å². The van der Waals surface area contributed by atoms with Gasteiger partial charge in [-0.25, -0.2) is 0 Å². The monoisotopic (exact) mass is 193 g/mol. The first-order chi connectivity index (χ1) is 5.84. The largest absolute Gasteiger partial charge is 0.437 e. The van der Waals surface area contributed by atoms with Crippen LogP contribution in [0.5, 0.6) is 0 Å². The third-order valence-corrected chi connectivity index (χ3v) is 1.51. The number of Topliss-reactive ketones (excluding diaryl/α,β-unsaturated/α-hetero) is 1. The lowest BCUT2D eigenvalue weighted by atomic mass is 10.1. The van der Waals surface area contributed by atoms with Crippen LogP contribution in [0.25, 0.3) is 0 Å². The first-order valence-electron chi connectivity index (χ1n) is 3.38. The average molecular weight is 193 g/mol. The molecule has 0 aliphatic rings. The molecule has 0 N–H and O–H groups in total. The first kappa shape index (κ1) is 9.76. The Labute approximate surface area is 71.5 Å². The maximum atomic E-state index is 12.1. The van der Waals surface area contributed by atoms with Crippen LogP contribution < -0.4 is 0 Å². The molecular weight excluding hydrogens is 187 g/mol. The molecule has 0 fully saturated rings. The summed E-state index contributed by atoms with van der Waals surface area (Å²) in [4.78, 5) is 10.7. The van der Waals surface area contributed by atoms with Crippen molar-refractivity contribution in [2.45, 2.75) is 20.0 Å². The van der Waals surface area contributed by atoms with Gasteiger partial charge in [0.2, 0.25) is 5.76 Å². The molecule has 1 aromatic heterocycles. The second kappa shape index (κ2) is 2.86. The SMILES string of the molecule is CC(=O)c1onc(C(F)(F)F)c1C. The van der Waals surface area contributed by atoms with Gasteiger partial charge >= 0.3 is 6.18 Å². The minimum atomic E-state index is -4.57. The molecule has 0 aromatic carbocycles. The second-order valence-corrected chi connectivity index (χ2v) is 2.54. The Bertz CT molecular complexity index is 340. The number of hydrogen-bond donors (Lipinski definition) is 0. The van der Waals surface area contributed by atoms with Crippen molar-refractivity contribution in [1.29, 1.82) is 0 Å². The van der Waals surface area contributed by atoms with Gasteiger partial charge in [0.15, 0.2) is 11.5 Å². The van der Waals surface area contributed by atoms with E-state index in [2.05, 4.69) is 9.68 Å². The summed E-state index contributed by atoms with van der Waals surface area (Å²) in [6, 6.07) is 0. The van der Waals surface area contributed by atoms with E-state index in [1.807, 2.05) is 0 Å². The fourth-order valence-electron chi connectivity index (χ4n) is 0.928. The van der Waals surface area contributed by atoms with Gasteiger partial charge in [-0.3, -0.25) is 4.79 Å². The van der Waals surface area contributed by atoms with Crippen molar-refractivity contribution >= 4 is 5.78 Å². The summed E-state index contributed by atoms with van der Waals surface area (Å²) < 4.78 is 40.5. The molecule has 0 radical (unpaired) electrons. The molecule has 0 unspecified atom stereocenters. The third kappa shape index (κ3) is 1.71. The van der Waals surface area contributed by atoms with Gasteiger partial charge in [0.25, 0.3) is 0 Å². The maximum absolute atomic E-state index is 12.1. The molecule has 6 heteroatoms. The standard InChI is InChI=1S/C7H6F3NO2/c1-3-5(4(2)12)13-11-6(3)7(8,9)10/h1-2H3. The number of ketones is 1. The van der Waals surface area contributed by atoms with E-state index in [0.717, 1.165) is 13.8 Å². The van der Waals surface area contributed by atoms with E-state index in [1.54, 1.807) is 0 Å². The third-order valence-electron chi connectivity index (χ3n) is 1.51. The molecule has 1 rings (SSSR count). The molecule has 0 aliphatic heterocycles. The van der Waals surface area contributed by atoms with E-state index in [1.165, 1.54) is 0 Å². The average Bonchev–Trinajstić information content (AvgIpc) is 2.28. The zero-order chi connectivity index (χ0) is 10.2. The Morgan fingerprint density at radius 1 is 1.46 bits per heavy atom. The molecule has 0 saturated heterocycles. The summed E-state index contributed by atoms with van der Waals surface area (Å²) in [5.74, 6) is -0.909. The van der Waals surface area contributed by atoms with E-state index in [-0.39, 0.29) is 11.3 Å². The minimum absolute atomic E-state index is 0.264. The summed E-state index contributed by atoms with van der Waals surface area (Å²) >= 11 is 0. The zero-order valence-electron chi connectivity index (χ0n) is 6.90. The van der Waals surface area contributed by atoms with Crippen LogP contribution in [0.2, 0.25) is 0 Å². The topological polar surface area (TPSA) is 43.1 Å². The lowest BCUT2D eigenvalue weighted by molar-refractivity contribution is -0.143. The van der Waals surface area contributed by atoms with Crippen LogP contribution >= 0.6 is 0 Å². The fraction of sp³-hybridized carbons (Fsp3) is 0.429. The van der Waals surface area contributed by atoms with E-state index in [9.17, 15) is 18.0 Å². The highest BCUT2D eigenvalue weighted by Crippen LogP contribution is 2.31. The number of carbonyl (C=O) groups is 1. The molecular formula is C7H6F3NO2. The van der Waals surface area contributed by atoms with Crippen molar-refractivity contribution in [2.75, 3.05) is 0 Å². The number of aromatic nitrogens is 1. The van der Waals surface area contributed by atoms with Crippen molar-refractivity contribution in [3.8, 4) is 0 Å². The number of nitrogens with zero attached hydrogens (tertiary/aromatic N) is 1. The van der Waals surface area contributed by atoms with Crippen LogP contribution in [0.15, 0.2) is 4.52 Å². The van der Waals surface area contributed by atoms with Crippen LogP contribution in [-0.4, -0.2) is 10.9 Å². The van der Waals surface area contributed by atoms with Crippen LogP contribution in [-0.2, 0) is 6.18 Å². The number of carbonyl (C=O) groups excluding carboxylic acids is 1. The normalized spacial score (nSPS) is 11.8. The molecule has 0 bridgehead atoms. The summed E-state index contributed by atoms with van der Waals surface area (Å²) in [5.41, 5.74) is -1.40. The maximum Gasteiger partial charge on any atom is 0.437 e. The Morgan fingerprint density at radius 3 is 2.23 bits per heavy atom. The van der Waals surface area contributed by atoms with Crippen molar-refractivity contribution in [3.63, 3.8) is 0 Å². The van der Waals surface area contributed by atoms with E-state index in [4.69, 9.17) is 0 Å². The summed E-state index contributed by atoms with van der Waals surface area (Å²) in [5, 5.41) is 2.79. The summed E-state index contributed by atoms with van der Waals surface area (Å²) in [7, 11) is 0. The zero-order valence-corrected chi connectivity index (χ0v) is 6.90. The number of hydrogen-bond acceptors (Lipinski definition) is 3. The van der Waals surface area contributed by atoms with Gasteiger partial charge in [0.05, 0.1) is 0 Å². The van der Waals surface area contributed by atoms with Crippen molar-refractivity contribution in [2.24, 2.45) is 0 Å². The minimum Gasteiger partial charge on any atom is -0.352 e. The lowest BCUT2D eigenvalue weighted by Crippen LogP contribution is -2.07. The summed E-state index contributed by atoms with van der Waals surface area (Å²) in [6.07, 6.45) is -4.57. The smallest absolute Gasteiger partial charge is 0.352 e. The molecule has 3 nitrogen and oxygen atoms in total. The van der Waals surface area contributed by atoms with Gasteiger partial charge in [-0.05, 0) is 6.92 Å². The molecule has 0 spiro atoms. The Kier molecular flexibility index (Phi) is 2.15. The number of alkyl halides is 3.